The quantitative estimate of drug-likeness (QED) is 0.882. The van der Waals surface area contributed by atoms with E-state index in [2.05, 4.69) is 20.7 Å². The van der Waals surface area contributed by atoms with Crippen molar-refractivity contribution in [2.45, 2.75) is 19.3 Å². The van der Waals surface area contributed by atoms with Gasteiger partial charge >= 0.3 is 0 Å². The molecule has 22 heavy (non-hydrogen) atoms. The lowest BCUT2D eigenvalue weighted by atomic mass is 10.0. The van der Waals surface area contributed by atoms with Crippen LogP contribution in [0.25, 0.3) is 5.69 Å². The van der Waals surface area contributed by atoms with Crippen LogP contribution >= 0.6 is 0 Å². The fourth-order valence-electron chi connectivity index (χ4n) is 2.62. The zero-order valence-electron chi connectivity index (χ0n) is 12.1. The first-order valence-electron chi connectivity index (χ1n) is 7.37. The minimum atomic E-state index is -0.455. The number of nitrogens with zero attached hydrogens (tertiary/aromatic N) is 3. The van der Waals surface area contributed by atoms with Gasteiger partial charge in [-0.3, -0.25) is 4.79 Å². The average molecular weight is 303 g/mol. The molecule has 116 valence electrons. The highest BCUT2D eigenvalue weighted by Crippen LogP contribution is 2.19. The highest BCUT2D eigenvalue weighted by Gasteiger charge is 2.16. The maximum absolute atomic E-state index is 14.0. The van der Waals surface area contributed by atoms with E-state index in [1.807, 2.05) is 0 Å². The predicted octanol–water partition coefficient (Wildman–Crippen LogP) is 1.73. The van der Waals surface area contributed by atoms with Crippen LogP contribution in [0, 0.1) is 11.7 Å². The number of amides is 1. The van der Waals surface area contributed by atoms with Crippen molar-refractivity contribution in [2.24, 2.45) is 5.92 Å². The first-order valence-corrected chi connectivity index (χ1v) is 7.37. The molecule has 2 heterocycles. The number of benzene rings is 1. The summed E-state index contributed by atoms with van der Waals surface area (Å²) in [5.41, 5.74) is 0.753. The number of nitrogens with one attached hydrogen (secondary N) is 2. The van der Waals surface area contributed by atoms with E-state index in [0.717, 1.165) is 25.9 Å². The van der Waals surface area contributed by atoms with Gasteiger partial charge in [-0.25, -0.2) is 14.1 Å². The maximum atomic E-state index is 14.0. The molecule has 6 nitrogen and oxygen atoms in total. The monoisotopic (exact) mass is 303 g/mol. The Morgan fingerprint density at radius 3 is 3.09 bits per heavy atom. The normalized spacial score (nSPS) is 17.6. The Morgan fingerprint density at radius 2 is 2.41 bits per heavy atom. The summed E-state index contributed by atoms with van der Waals surface area (Å²) in [5.74, 6) is 0.0280. The Hall–Kier alpha value is -2.28. The Bertz CT molecular complexity index is 637. The zero-order chi connectivity index (χ0) is 15.4. The second-order valence-electron chi connectivity index (χ2n) is 5.45. The first kappa shape index (κ1) is 14.6. The van der Waals surface area contributed by atoms with E-state index in [1.165, 1.54) is 23.4 Å². The van der Waals surface area contributed by atoms with E-state index in [-0.39, 0.29) is 5.91 Å². The number of carbonyl (C=O) groups excluding carboxylic acids is 1. The summed E-state index contributed by atoms with van der Waals surface area (Å²) < 4.78 is 15.4. The highest BCUT2D eigenvalue weighted by molar-refractivity contribution is 5.90. The van der Waals surface area contributed by atoms with Gasteiger partial charge in [-0.1, -0.05) is 0 Å². The number of hydrogen-bond donors (Lipinski definition) is 2. The van der Waals surface area contributed by atoms with Crippen LogP contribution < -0.4 is 10.6 Å². The van der Waals surface area contributed by atoms with Gasteiger partial charge in [0.25, 0.3) is 0 Å². The molecule has 1 fully saturated rings. The van der Waals surface area contributed by atoms with Gasteiger partial charge in [-0.2, -0.15) is 5.10 Å². The molecular weight excluding hydrogens is 285 g/mol. The van der Waals surface area contributed by atoms with E-state index in [0.29, 0.717) is 23.7 Å². The van der Waals surface area contributed by atoms with Crippen molar-refractivity contribution in [3.05, 3.63) is 36.7 Å². The van der Waals surface area contributed by atoms with Gasteiger partial charge in [0.15, 0.2) is 5.82 Å². The van der Waals surface area contributed by atoms with Crippen molar-refractivity contribution >= 4 is 11.6 Å². The summed E-state index contributed by atoms with van der Waals surface area (Å²) in [7, 11) is 0. The summed E-state index contributed by atoms with van der Waals surface area (Å²) in [4.78, 5) is 15.7. The van der Waals surface area contributed by atoms with Gasteiger partial charge in [0.05, 0.1) is 0 Å². The third-order valence-corrected chi connectivity index (χ3v) is 3.84. The summed E-state index contributed by atoms with van der Waals surface area (Å²) in [6, 6.07) is 4.53. The van der Waals surface area contributed by atoms with Crippen molar-refractivity contribution < 1.29 is 9.18 Å². The molecule has 1 aliphatic heterocycles. The molecule has 0 spiro atoms. The molecule has 1 amide bonds. The lowest BCUT2D eigenvalue weighted by Gasteiger charge is -2.10. The van der Waals surface area contributed by atoms with Crippen molar-refractivity contribution in [3.63, 3.8) is 0 Å². The van der Waals surface area contributed by atoms with Gasteiger partial charge in [-0.05, 0) is 50.0 Å². The Balaban J connectivity index is 1.58. The molecule has 0 bridgehead atoms. The molecule has 7 heteroatoms. The van der Waals surface area contributed by atoms with Crippen LogP contribution in [0.15, 0.2) is 30.9 Å². The summed E-state index contributed by atoms with van der Waals surface area (Å²) in [5, 5.41) is 9.90. The second kappa shape index (κ2) is 6.65. The number of aromatic nitrogens is 3. The largest absolute Gasteiger partial charge is 0.326 e. The van der Waals surface area contributed by atoms with Crippen molar-refractivity contribution in [3.8, 4) is 5.69 Å². The highest BCUT2D eigenvalue weighted by atomic mass is 19.1. The predicted molar refractivity (Wildman–Crippen MR) is 80.2 cm³/mol. The average Bonchev–Trinajstić information content (AvgIpc) is 3.19. The Morgan fingerprint density at radius 1 is 1.50 bits per heavy atom. The van der Waals surface area contributed by atoms with Crippen molar-refractivity contribution in [2.75, 3.05) is 18.4 Å². The lowest BCUT2D eigenvalue weighted by Crippen LogP contribution is -2.15. The molecule has 1 aromatic heterocycles. The standard InChI is InChI=1S/C15H18FN5O/c16-13-7-12(2-3-14(13)21-10-18-9-19-21)20-15(22)4-1-11-5-6-17-8-11/h2-3,7,9-11,17H,1,4-6,8H2,(H,20,22). The fourth-order valence-corrected chi connectivity index (χ4v) is 2.62. The van der Waals surface area contributed by atoms with Gasteiger partial charge < -0.3 is 10.6 Å². The summed E-state index contributed by atoms with van der Waals surface area (Å²) in [6.45, 7) is 2.01. The van der Waals surface area contributed by atoms with Gasteiger partial charge in [0.1, 0.15) is 18.3 Å². The Kier molecular flexibility index (Phi) is 4.43. The van der Waals surface area contributed by atoms with Crippen molar-refractivity contribution in [1.29, 1.82) is 0 Å². The van der Waals surface area contributed by atoms with Crippen LogP contribution in [0.2, 0.25) is 0 Å². The number of carbonyl (C=O) groups is 1. The molecule has 1 aliphatic rings. The fraction of sp³-hybridized carbons (Fsp3) is 0.400. The minimum absolute atomic E-state index is 0.0835. The van der Waals surface area contributed by atoms with E-state index < -0.39 is 5.82 Å². The minimum Gasteiger partial charge on any atom is -0.326 e. The maximum Gasteiger partial charge on any atom is 0.224 e. The third-order valence-electron chi connectivity index (χ3n) is 3.84. The van der Waals surface area contributed by atoms with Gasteiger partial charge in [0, 0.05) is 12.1 Å². The van der Waals surface area contributed by atoms with Gasteiger partial charge in [-0.15, -0.1) is 0 Å². The molecule has 1 unspecified atom stereocenters. The number of hydrogen-bond acceptors (Lipinski definition) is 4. The molecule has 1 saturated heterocycles. The van der Waals surface area contributed by atoms with E-state index in [4.69, 9.17) is 0 Å². The van der Waals surface area contributed by atoms with Crippen LogP contribution in [-0.4, -0.2) is 33.8 Å². The van der Waals surface area contributed by atoms with Crippen LogP contribution in [0.3, 0.4) is 0 Å². The van der Waals surface area contributed by atoms with Crippen LogP contribution in [0.5, 0.6) is 0 Å². The van der Waals surface area contributed by atoms with E-state index in [9.17, 15) is 9.18 Å². The second-order valence-corrected chi connectivity index (χ2v) is 5.45. The van der Waals surface area contributed by atoms with E-state index in [1.54, 1.807) is 12.1 Å². The SMILES string of the molecule is O=C(CCC1CCNC1)Nc1ccc(-n2cncn2)c(F)c1. The Labute approximate surface area is 127 Å². The summed E-state index contributed by atoms with van der Waals surface area (Å²) >= 11 is 0. The zero-order valence-corrected chi connectivity index (χ0v) is 12.1. The van der Waals surface area contributed by atoms with Crippen LogP contribution in [0.4, 0.5) is 10.1 Å². The molecule has 2 aromatic rings. The molecular formula is C15H18FN5O. The van der Waals surface area contributed by atoms with Gasteiger partial charge in [0.2, 0.25) is 5.91 Å². The van der Waals surface area contributed by atoms with Crippen LogP contribution in [-0.2, 0) is 4.79 Å². The third kappa shape index (κ3) is 3.48. The molecule has 0 saturated carbocycles. The van der Waals surface area contributed by atoms with Crippen molar-refractivity contribution in [1.82, 2.24) is 20.1 Å². The number of rotatable bonds is 5. The molecule has 3 rings (SSSR count). The summed E-state index contributed by atoms with van der Waals surface area (Å²) in [6.07, 6.45) is 5.20. The smallest absolute Gasteiger partial charge is 0.224 e. The number of halogens is 1. The lowest BCUT2D eigenvalue weighted by molar-refractivity contribution is -0.116. The molecule has 1 aromatic carbocycles. The molecule has 1 atom stereocenters. The topological polar surface area (TPSA) is 71.8 Å². The molecule has 0 radical (unpaired) electrons. The van der Waals surface area contributed by atoms with E-state index >= 15 is 0 Å². The molecule has 2 N–H and O–H groups in total. The van der Waals surface area contributed by atoms with Crippen LogP contribution in [0.1, 0.15) is 19.3 Å². The number of anilines is 1. The first-order chi connectivity index (χ1) is 10.7. The molecule has 0 aliphatic carbocycles.